The van der Waals surface area contributed by atoms with Crippen LogP contribution in [0.3, 0.4) is 0 Å². The second kappa shape index (κ2) is 5.89. The first-order valence-corrected chi connectivity index (χ1v) is 5.51. The highest BCUT2D eigenvalue weighted by Crippen LogP contribution is 2.25. The molecule has 0 radical (unpaired) electrons. The van der Waals surface area contributed by atoms with Crippen molar-refractivity contribution in [2.24, 2.45) is 5.92 Å². The molecule has 0 fully saturated rings. The molecule has 0 aromatic rings. The lowest BCUT2D eigenvalue weighted by Crippen LogP contribution is -2.40. The third kappa shape index (κ3) is 3.33. The average molecular weight is 208 g/mol. The summed E-state index contributed by atoms with van der Waals surface area (Å²) in [6.07, 6.45) is 11.4. The van der Waals surface area contributed by atoms with E-state index in [2.05, 4.69) is 13.5 Å². The number of allylic oxidation sites excluding steroid dienone is 2. The van der Waals surface area contributed by atoms with Crippen LogP contribution in [-0.4, -0.2) is 23.9 Å². The van der Waals surface area contributed by atoms with E-state index < -0.39 is 5.60 Å². The van der Waals surface area contributed by atoms with Crippen LogP contribution in [0.2, 0.25) is 0 Å². The molecule has 15 heavy (non-hydrogen) atoms. The van der Waals surface area contributed by atoms with Gasteiger partial charge in [-0.05, 0) is 12.5 Å². The summed E-state index contributed by atoms with van der Waals surface area (Å²) in [5, 5.41) is 10.3. The Morgan fingerprint density at radius 2 is 2.33 bits per heavy atom. The molecule has 84 valence electrons. The zero-order valence-electron chi connectivity index (χ0n) is 9.36. The van der Waals surface area contributed by atoms with Gasteiger partial charge in [0.05, 0.1) is 6.61 Å². The van der Waals surface area contributed by atoms with Crippen LogP contribution < -0.4 is 0 Å². The van der Waals surface area contributed by atoms with Gasteiger partial charge in [-0.2, -0.15) is 0 Å². The Kier molecular flexibility index (Phi) is 4.79. The molecule has 0 aromatic carbocycles. The van der Waals surface area contributed by atoms with Crippen molar-refractivity contribution in [1.29, 1.82) is 0 Å². The summed E-state index contributed by atoms with van der Waals surface area (Å²) < 4.78 is 5.47. The molecule has 2 unspecified atom stereocenters. The lowest BCUT2D eigenvalue weighted by Gasteiger charge is -2.31. The minimum absolute atomic E-state index is 0.0517. The molecule has 0 saturated heterocycles. The van der Waals surface area contributed by atoms with E-state index in [-0.39, 0.29) is 5.92 Å². The van der Waals surface area contributed by atoms with Crippen LogP contribution in [0.25, 0.3) is 0 Å². The monoisotopic (exact) mass is 208 g/mol. The molecule has 1 aliphatic rings. The van der Waals surface area contributed by atoms with Gasteiger partial charge in [-0.25, -0.2) is 0 Å². The lowest BCUT2D eigenvalue weighted by atomic mass is 9.84. The van der Waals surface area contributed by atoms with Crippen molar-refractivity contribution in [2.45, 2.75) is 25.4 Å². The number of aliphatic hydroxyl groups is 1. The zero-order chi connectivity index (χ0) is 11.1. The number of ether oxygens (including phenoxy) is 1. The van der Waals surface area contributed by atoms with Gasteiger partial charge in [-0.15, -0.1) is 6.58 Å². The van der Waals surface area contributed by atoms with Gasteiger partial charge in [0.25, 0.3) is 0 Å². The molecule has 0 heterocycles. The van der Waals surface area contributed by atoms with E-state index in [4.69, 9.17) is 4.74 Å². The summed E-state index contributed by atoms with van der Waals surface area (Å²) in [5.41, 5.74) is -0.912. The summed E-state index contributed by atoms with van der Waals surface area (Å²) >= 11 is 0. The molecule has 1 rings (SSSR count). The van der Waals surface area contributed by atoms with E-state index in [1.165, 1.54) is 0 Å². The quantitative estimate of drug-likeness (QED) is 0.536. The van der Waals surface area contributed by atoms with Crippen LogP contribution in [0.4, 0.5) is 0 Å². The van der Waals surface area contributed by atoms with Crippen LogP contribution in [0, 0.1) is 5.92 Å². The van der Waals surface area contributed by atoms with E-state index >= 15 is 0 Å². The molecule has 2 atom stereocenters. The Morgan fingerprint density at radius 1 is 1.53 bits per heavy atom. The molecule has 2 nitrogen and oxygen atoms in total. The summed E-state index contributed by atoms with van der Waals surface area (Å²) in [6, 6.07) is 0. The zero-order valence-corrected chi connectivity index (χ0v) is 9.36. The molecule has 1 N–H and O–H groups in total. The van der Waals surface area contributed by atoms with Crippen molar-refractivity contribution >= 4 is 0 Å². The normalized spacial score (nSPS) is 29.3. The van der Waals surface area contributed by atoms with Gasteiger partial charge in [-0.1, -0.05) is 37.6 Å². The Balaban J connectivity index is 2.45. The van der Waals surface area contributed by atoms with E-state index in [0.717, 1.165) is 12.8 Å². The third-order valence-electron chi connectivity index (χ3n) is 2.62. The second-order valence-corrected chi connectivity index (χ2v) is 3.90. The first-order chi connectivity index (χ1) is 7.23. The van der Waals surface area contributed by atoms with Crippen molar-refractivity contribution in [1.82, 2.24) is 0 Å². The molecular formula is C13H20O2. The predicted molar refractivity (Wildman–Crippen MR) is 62.6 cm³/mol. The molecule has 0 bridgehead atoms. The maximum Gasteiger partial charge on any atom is 0.116 e. The van der Waals surface area contributed by atoms with Crippen LogP contribution in [0.5, 0.6) is 0 Å². The Hall–Kier alpha value is -0.860. The molecule has 2 heteroatoms. The summed E-state index contributed by atoms with van der Waals surface area (Å²) in [5.74, 6) is -0.0517. The van der Waals surface area contributed by atoms with Gasteiger partial charge in [0.2, 0.25) is 0 Å². The SMILES string of the molecule is C=CC1C=CC=CC1(O)COCCCC. The molecule has 0 aliphatic heterocycles. The fraction of sp³-hybridized carbons (Fsp3) is 0.538. The van der Waals surface area contributed by atoms with Crippen LogP contribution in [-0.2, 0) is 4.74 Å². The maximum absolute atomic E-state index is 10.3. The fourth-order valence-corrected chi connectivity index (χ4v) is 1.59. The van der Waals surface area contributed by atoms with Crippen molar-refractivity contribution in [3.63, 3.8) is 0 Å². The highest BCUT2D eigenvalue weighted by molar-refractivity contribution is 5.25. The van der Waals surface area contributed by atoms with Crippen LogP contribution >= 0.6 is 0 Å². The van der Waals surface area contributed by atoms with Gasteiger partial charge in [-0.3, -0.25) is 0 Å². The van der Waals surface area contributed by atoms with Crippen molar-refractivity contribution in [3.05, 3.63) is 37.0 Å². The average Bonchev–Trinajstić information content (AvgIpc) is 2.25. The van der Waals surface area contributed by atoms with E-state index in [9.17, 15) is 5.11 Å². The summed E-state index contributed by atoms with van der Waals surface area (Å²) in [4.78, 5) is 0. The fourth-order valence-electron chi connectivity index (χ4n) is 1.59. The molecule has 0 spiro atoms. The first-order valence-electron chi connectivity index (χ1n) is 5.51. The molecular weight excluding hydrogens is 188 g/mol. The number of hydrogen-bond acceptors (Lipinski definition) is 2. The van der Waals surface area contributed by atoms with Gasteiger partial charge in [0, 0.05) is 12.5 Å². The minimum atomic E-state index is -0.912. The van der Waals surface area contributed by atoms with Gasteiger partial charge in [0.15, 0.2) is 0 Å². The third-order valence-corrected chi connectivity index (χ3v) is 2.62. The maximum atomic E-state index is 10.3. The number of unbranched alkanes of at least 4 members (excludes halogenated alkanes) is 1. The standard InChI is InChI=1S/C13H20O2/c1-3-5-10-15-11-13(14)9-7-6-8-12(13)4-2/h4,6-9,12,14H,2-3,5,10-11H2,1H3. The number of hydrogen-bond donors (Lipinski definition) is 1. The van der Waals surface area contributed by atoms with Crippen LogP contribution in [0.15, 0.2) is 37.0 Å². The molecule has 0 aromatic heterocycles. The number of rotatable bonds is 6. The highest BCUT2D eigenvalue weighted by Gasteiger charge is 2.32. The molecule has 1 aliphatic carbocycles. The largest absolute Gasteiger partial charge is 0.382 e. The highest BCUT2D eigenvalue weighted by atomic mass is 16.5. The molecule has 0 amide bonds. The van der Waals surface area contributed by atoms with Gasteiger partial charge in [0.1, 0.15) is 5.60 Å². The Morgan fingerprint density at radius 3 is 3.00 bits per heavy atom. The topological polar surface area (TPSA) is 29.5 Å². The smallest absolute Gasteiger partial charge is 0.116 e. The summed E-state index contributed by atoms with van der Waals surface area (Å²) in [6.45, 7) is 6.89. The van der Waals surface area contributed by atoms with Crippen molar-refractivity contribution < 1.29 is 9.84 Å². The Labute approximate surface area is 92.0 Å². The Bertz CT molecular complexity index is 255. The second-order valence-electron chi connectivity index (χ2n) is 3.90. The van der Waals surface area contributed by atoms with E-state index in [1.807, 2.05) is 18.2 Å². The minimum Gasteiger partial charge on any atom is -0.382 e. The van der Waals surface area contributed by atoms with Gasteiger partial charge < -0.3 is 9.84 Å². The van der Waals surface area contributed by atoms with E-state index in [0.29, 0.717) is 13.2 Å². The first kappa shape index (κ1) is 12.2. The predicted octanol–water partition coefficient (Wildman–Crippen LogP) is 2.46. The molecule has 0 saturated carbocycles. The van der Waals surface area contributed by atoms with E-state index in [1.54, 1.807) is 12.2 Å². The lowest BCUT2D eigenvalue weighted by molar-refractivity contribution is -0.0301. The van der Waals surface area contributed by atoms with Gasteiger partial charge >= 0.3 is 0 Å². The van der Waals surface area contributed by atoms with Crippen molar-refractivity contribution in [2.75, 3.05) is 13.2 Å². The van der Waals surface area contributed by atoms with Crippen LogP contribution in [0.1, 0.15) is 19.8 Å². The van der Waals surface area contributed by atoms with Crippen molar-refractivity contribution in [3.8, 4) is 0 Å². The summed E-state index contributed by atoms with van der Waals surface area (Å²) in [7, 11) is 0.